The number of allylic oxidation sites excluding steroid dienone is 2. The minimum Gasteiger partial charge on any atom is -0.350 e. The highest BCUT2D eigenvalue weighted by Gasteiger charge is 2.29. The van der Waals surface area contributed by atoms with Crippen LogP contribution in [-0.2, 0) is 9.59 Å². The first-order chi connectivity index (χ1) is 8.58. The van der Waals surface area contributed by atoms with Crippen molar-refractivity contribution >= 4 is 11.8 Å². The van der Waals surface area contributed by atoms with E-state index in [1.807, 2.05) is 0 Å². The Hall–Kier alpha value is -1.58. The van der Waals surface area contributed by atoms with E-state index in [2.05, 4.69) is 22.8 Å². The summed E-state index contributed by atoms with van der Waals surface area (Å²) in [5.41, 5.74) is 2.39. The molecule has 2 aliphatic carbocycles. The summed E-state index contributed by atoms with van der Waals surface area (Å²) in [5, 5.41) is 5.96. The molecule has 2 rings (SSSR count). The molecule has 2 amide bonds. The van der Waals surface area contributed by atoms with Gasteiger partial charge in [-0.1, -0.05) is 12.2 Å². The fourth-order valence-corrected chi connectivity index (χ4v) is 2.84. The Morgan fingerprint density at radius 3 is 1.67 bits per heavy atom. The van der Waals surface area contributed by atoms with E-state index in [1.54, 1.807) is 13.8 Å². The van der Waals surface area contributed by atoms with Gasteiger partial charge in [-0.3, -0.25) is 9.59 Å². The smallest absolute Gasteiger partial charge is 0.217 e. The van der Waals surface area contributed by atoms with Crippen molar-refractivity contribution in [1.82, 2.24) is 10.6 Å². The maximum Gasteiger partial charge on any atom is 0.217 e. The zero-order chi connectivity index (χ0) is 13.1. The van der Waals surface area contributed by atoms with Gasteiger partial charge < -0.3 is 10.6 Å². The van der Waals surface area contributed by atoms with Gasteiger partial charge in [0.25, 0.3) is 0 Å². The second-order valence-corrected chi connectivity index (χ2v) is 4.98. The summed E-state index contributed by atoms with van der Waals surface area (Å²) in [5.74, 6) is 0.00458. The number of hydrogen-bond acceptors (Lipinski definition) is 2. The molecule has 0 aromatic rings. The molecule has 0 aromatic heterocycles. The predicted octanol–water partition coefficient (Wildman–Crippen LogP) is 1.44. The lowest BCUT2D eigenvalue weighted by molar-refractivity contribution is -0.120. The van der Waals surface area contributed by atoms with Gasteiger partial charge in [-0.25, -0.2) is 0 Å². The van der Waals surface area contributed by atoms with Crippen molar-refractivity contribution < 1.29 is 9.59 Å². The van der Waals surface area contributed by atoms with Crippen molar-refractivity contribution in [2.24, 2.45) is 0 Å². The third-order valence-corrected chi connectivity index (χ3v) is 3.48. The van der Waals surface area contributed by atoms with E-state index in [-0.39, 0.29) is 23.9 Å². The average molecular weight is 248 g/mol. The summed E-state index contributed by atoms with van der Waals surface area (Å²) >= 11 is 0. The third kappa shape index (κ3) is 2.81. The molecule has 0 unspecified atom stereocenters. The van der Waals surface area contributed by atoms with Gasteiger partial charge in [0.05, 0.1) is 12.1 Å². The molecule has 0 spiro atoms. The second kappa shape index (κ2) is 5.38. The summed E-state index contributed by atoms with van der Waals surface area (Å²) in [6.07, 6.45) is 8.27. The van der Waals surface area contributed by atoms with Gasteiger partial charge in [0.15, 0.2) is 0 Å². The minimum atomic E-state index is 0.00229. The van der Waals surface area contributed by atoms with Crippen molar-refractivity contribution in [1.29, 1.82) is 0 Å². The molecular weight excluding hydrogens is 228 g/mol. The van der Waals surface area contributed by atoms with Crippen LogP contribution in [0.5, 0.6) is 0 Å². The highest BCUT2D eigenvalue weighted by Crippen LogP contribution is 2.32. The molecule has 4 nitrogen and oxygen atoms in total. The summed E-state index contributed by atoms with van der Waals surface area (Å²) in [6, 6.07) is 0.228. The van der Waals surface area contributed by atoms with Gasteiger partial charge in [0.2, 0.25) is 11.8 Å². The Balaban J connectivity index is 2.10. The number of rotatable bonds is 3. The Morgan fingerprint density at radius 2 is 1.33 bits per heavy atom. The van der Waals surface area contributed by atoms with Crippen LogP contribution in [0.3, 0.4) is 0 Å². The molecule has 0 saturated carbocycles. The van der Waals surface area contributed by atoms with Crippen molar-refractivity contribution in [3.05, 3.63) is 23.3 Å². The third-order valence-electron chi connectivity index (χ3n) is 3.48. The first kappa shape index (κ1) is 12.9. The molecule has 0 bridgehead atoms. The van der Waals surface area contributed by atoms with Crippen molar-refractivity contribution in [3.8, 4) is 0 Å². The molecule has 18 heavy (non-hydrogen) atoms. The summed E-state index contributed by atoms with van der Waals surface area (Å²) in [7, 11) is 0. The van der Waals surface area contributed by atoms with Crippen LogP contribution in [0.4, 0.5) is 0 Å². The van der Waals surface area contributed by atoms with Crippen molar-refractivity contribution in [3.63, 3.8) is 0 Å². The largest absolute Gasteiger partial charge is 0.350 e. The first-order valence-electron chi connectivity index (χ1n) is 6.52. The number of nitrogens with one attached hydrogen (secondary N) is 2. The molecule has 0 aromatic carbocycles. The predicted molar refractivity (Wildman–Crippen MR) is 69.8 cm³/mol. The van der Waals surface area contributed by atoms with Crippen LogP contribution >= 0.6 is 0 Å². The topological polar surface area (TPSA) is 58.2 Å². The summed E-state index contributed by atoms with van der Waals surface area (Å²) in [6.45, 7) is 3.09. The zero-order valence-corrected chi connectivity index (χ0v) is 11.0. The molecule has 0 heterocycles. The number of amides is 2. The maximum absolute atomic E-state index is 11.2. The van der Waals surface area contributed by atoms with Crippen LogP contribution in [0.1, 0.15) is 39.5 Å². The normalized spacial score (nSPS) is 26.6. The number of hydrogen-bond donors (Lipinski definition) is 2. The van der Waals surface area contributed by atoms with E-state index in [0.29, 0.717) is 0 Å². The van der Waals surface area contributed by atoms with Crippen LogP contribution in [0.2, 0.25) is 0 Å². The van der Waals surface area contributed by atoms with Gasteiger partial charge in [0, 0.05) is 13.8 Å². The molecule has 2 atom stereocenters. The molecule has 0 saturated heterocycles. The molecular formula is C14H20N2O2. The molecule has 0 radical (unpaired) electrons. The lowest BCUT2D eigenvalue weighted by Crippen LogP contribution is -2.38. The van der Waals surface area contributed by atoms with E-state index >= 15 is 0 Å². The quantitative estimate of drug-likeness (QED) is 0.794. The molecule has 4 heteroatoms. The average Bonchev–Trinajstić information content (AvgIpc) is 2.85. The molecule has 0 fully saturated rings. The highest BCUT2D eigenvalue weighted by molar-refractivity contribution is 5.75. The molecule has 2 aliphatic rings. The minimum absolute atomic E-state index is 0.00229. The maximum atomic E-state index is 11.2. The van der Waals surface area contributed by atoms with Crippen LogP contribution in [0.25, 0.3) is 0 Å². The van der Waals surface area contributed by atoms with E-state index in [9.17, 15) is 9.59 Å². The standard InChI is InChI=1S/C14H20N2O2/c1-9(17)15-13-7-3-5-11(13)12-6-4-8-14(12)16-10(2)18/h5-6,13-14H,3-4,7-8H2,1-2H3,(H,15,17)(H,16,18)/t13-,14-/m1/s1. The van der Waals surface area contributed by atoms with E-state index < -0.39 is 0 Å². The second-order valence-electron chi connectivity index (χ2n) is 4.98. The highest BCUT2D eigenvalue weighted by atomic mass is 16.2. The Morgan fingerprint density at radius 1 is 0.944 bits per heavy atom. The van der Waals surface area contributed by atoms with Gasteiger partial charge in [-0.05, 0) is 36.8 Å². The van der Waals surface area contributed by atoms with Crippen LogP contribution in [-0.4, -0.2) is 23.9 Å². The number of carbonyl (C=O) groups excluding carboxylic acids is 2. The Labute approximate surface area is 108 Å². The van der Waals surface area contributed by atoms with E-state index in [1.165, 1.54) is 11.1 Å². The number of carbonyl (C=O) groups is 2. The van der Waals surface area contributed by atoms with Crippen LogP contribution in [0, 0.1) is 0 Å². The van der Waals surface area contributed by atoms with Gasteiger partial charge in [-0.2, -0.15) is 0 Å². The Bertz CT molecular complexity index is 384. The Kier molecular flexibility index (Phi) is 3.84. The van der Waals surface area contributed by atoms with E-state index in [0.717, 1.165) is 25.7 Å². The van der Waals surface area contributed by atoms with E-state index in [4.69, 9.17) is 0 Å². The summed E-state index contributed by atoms with van der Waals surface area (Å²) < 4.78 is 0. The van der Waals surface area contributed by atoms with Crippen molar-refractivity contribution in [2.75, 3.05) is 0 Å². The zero-order valence-electron chi connectivity index (χ0n) is 11.0. The van der Waals surface area contributed by atoms with Crippen molar-refractivity contribution in [2.45, 2.75) is 51.6 Å². The van der Waals surface area contributed by atoms with Crippen LogP contribution < -0.4 is 10.6 Å². The lowest BCUT2D eigenvalue weighted by Gasteiger charge is -2.22. The SMILES string of the molecule is CC(=O)N[C@@H]1CCC=C1C1=CCC[C@H]1NC(C)=O. The fourth-order valence-electron chi connectivity index (χ4n) is 2.84. The lowest BCUT2D eigenvalue weighted by atomic mass is 9.97. The molecule has 0 aliphatic heterocycles. The van der Waals surface area contributed by atoms with Gasteiger partial charge in [-0.15, -0.1) is 0 Å². The monoisotopic (exact) mass is 248 g/mol. The van der Waals surface area contributed by atoms with Gasteiger partial charge in [0.1, 0.15) is 0 Å². The fraction of sp³-hybridized carbons (Fsp3) is 0.571. The molecule has 2 N–H and O–H groups in total. The molecule has 98 valence electrons. The van der Waals surface area contributed by atoms with Gasteiger partial charge >= 0.3 is 0 Å². The van der Waals surface area contributed by atoms with Crippen LogP contribution in [0.15, 0.2) is 23.3 Å². The summed E-state index contributed by atoms with van der Waals surface area (Å²) in [4.78, 5) is 22.4. The first-order valence-corrected chi connectivity index (χ1v) is 6.52.